The van der Waals surface area contributed by atoms with Gasteiger partial charge in [0.05, 0.1) is 0 Å². The molecule has 0 aliphatic carbocycles. The molecular formula is C21H23ClN2O4. The Morgan fingerprint density at radius 2 is 1.54 bits per heavy atom. The van der Waals surface area contributed by atoms with Crippen LogP contribution in [-0.4, -0.2) is 49.1 Å². The van der Waals surface area contributed by atoms with Crippen LogP contribution in [0.2, 0.25) is 5.02 Å². The molecule has 0 saturated carbocycles. The number of para-hydroxylation sites is 1. The summed E-state index contributed by atoms with van der Waals surface area (Å²) in [5.74, 6) is 1.06. The van der Waals surface area contributed by atoms with Crippen LogP contribution < -0.4 is 14.8 Å². The summed E-state index contributed by atoms with van der Waals surface area (Å²) in [5.41, 5.74) is 0. The van der Waals surface area contributed by atoms with E-state index in [-0.39, 0.29) is 31.1 Å². The lowest BCUT2D eigenvalue weighted by Crippen LogP contribution is -2.48. The molecule has 0 spiro atoms. The van der Waals surface area contributed by atoms with E-state index >= 15 is 0 Å². The van der Waals surface area contributed by atoms with Crippen LogP contribution in [0.4, 0.5) is 0 Å². The molecule has 1 heterocycles. The zero-order valence-corrected chi connectivity index (χ0v) is 16.2. The fourth-order valence-corrected chi connectivity index (χ4v) is 3.10. The van der Waals surface area contributed by atoms with E-state index in [1.807, 2.05) is 30.3 Å². The Balaban J connectivity index is 1.34. The first-order valence-corrected chi connectivity index (χ1v) is 9.61. The lowest BCUT2D eigenvalue weighted by molar-refractivity contribution is -0.134. The van der Waals surface area contributed by atoms with Gasteiger partial charge in [-0.2, -0.15) is 0 Å². The number of ether oxygens (including phenoxy) is 2. The van der Waals surface area contributed by atoms with Gasteiger partial charge in [0.1, 0.15) is 11.5 Å². The molecule has 6 nitrogen and oxygen atoms in total. The molecule has 1 saturated heterocycles. The number of rotatable bonds is 7. The zero-order chi connectivity index (χ0) is 19.8. The fraction of sp³-hybridized carbons (Fsp3) is 0.333. The predicted molar refractivity (Wildman–Crippen MR) is 107 cm³/mol. The molecule has 1 fully saturated rings. The van der Waals surface area contributed by atoms with Gasteiger partial charge in [0.25, 0.3) is 11.8 Å². The number of amides is 2. The number of hydrogen-bond donors (Lipinski definition) is 1. The molecule has 2 aromatic carbocycles. The molecule has 148 valence electrons. The van der Waals surface area contributed by atoms with Gasteiger partial charge in [0, 0.05) is 24.2 Å². The van der Waals surface area contributed by atoms with E-state index in [9.17, 15) is 9.59 Å². The van der Waals surface area contributed by atoms with Crippen molar-refractivity contribution >= 4 is 23.4 Å². The Hall–Kier alpha value is -2.73. The Labute approximate surface area is 169 Å². The van der Waals surface area contributed by atoms with Crippen molar-refractivity contribution in [2.45, 2.75) is 18.9 Å². The van der Waals surface area contributed by atoms with Crippen LogP contribution in [0.5, 0.6) is 11.5 Å². The standard InChI is InChI=1S/C21H23ClN2O4/c22-16-6-8-19(9-7-16)28-15-21(26)24-12-10-17(11-13-24)23-20(25)14-27-18-4-2-1-3-5-18/h1-9,17H,10-15H2,(H,23,25). The summed E-state index contributed by atoms with van der Waals surface area (Å²) in [6.07, 6.45) is 1.42. The predicted octanol–water partition coefficient (Wildman–Crippen LogP) is 2.91. The van der Waals surface area contributed by atoms with Gasteiger partial charge in [0.2, 0.25) is 0 Å². The van der Waals surface area contributed by atoms with E-state index in [4.69, 9.17) is 21.1 Å². The SMILES string of the molecule is O=C(COc1ccccc1)NC1CCN(C(=O)COc2ccc(Cl)cc2)CC1. The zero-order valence-electron chi connectivity index (χ0n) is 15.5. The summed E-state index contributed by atoms with van der Waals surface area (Å²) >= 11 is 5.83. The summed E-state index contributed by atoms with van der Waals surface area (Å²) < 4.78 is 11.0. The molecule has 1 N–H and O–H groups in total. The first-order chi connectivity index (χ1) is 13.6. The highest BCUT2D eigenvalue weighted by molar-refractivity contribution is 6.30. The molecule has 0 bridgehead atoms. The highest BCUT2D eigenvalue weighted by atomic mass is 35.5. The van der Waals surface area contributed by atoms with E-state index in [1.165, 1.54) is 0 Å². The molecule has 2 amide bonds. The van der Waals surface area contributed by atoms with Crippen molar-refractivity contribution in [1.29, 1.82) is 0 Å². The maximum absolute atomic E-state index is 12.3. The number of likely N-dealkylation sites (tertiary alicyclic amines) is 1. The maximum Gasteiger partial charge on any atom is 0.260 e. The van der Waals surface area contributed by atoms with Gasteiger partial charge < -0.3 is 19.7 Å². The smallest absolute Gasteiger partial charge is 0.260 e. The van der Waals surface area contributed by atoms with Gasteiger partial charge in [-0.15, -0.1) is 0 Å². The first kappa shape index (κ1) is 20.0. The Morgan fingerprint density at radius 3 is 2.21 bits per heavy atom. The molecule has 0 unspecified atom stereocenters. The normalized spacial score (nSPS) is 14.4. The van der Waals surface area contributed by atoms with Crippen LogP contribution in [0.25, 0.3) is 0 Å². The lowest BCUT2D eigenvalue weighted by Gasteiger charge is -2.32. The van der Waals surface area contributed by atoms with Crippen molar-refractivity contribution in [3.8, 4) is 11.5 Å². The van der Waals surface area contributed by atoms with E-state index < -0.39 is 0 Å². The van der Waals surface area contributed by atoms with Crippen LogP contribution in [0.3, 0.4) is 0 Å². The number of carbonyl (C=O) groups excluding carboxylic acids is 2. The third-order valence-electron chi connectivity index (χ3n) is 4.50. The highest BCUT2D eigenvalue weighted by Crippen LogP contribution is 2.16. The summed E-state index contributed by atoms with van der Waals surface area (Å²) in [6.45, 7) is 1.16. The minimum atomic E-state index is -0.153. The van der Waals surface area contributed by atoms with E-state index in [1.54, 1.807) is 29.2 Å². The largest absolute Gasteiger partial charge is 0.484 e. The average molecular weight is 403 g/mol. The van der Waals surface area contributed by atoms with Gasteiger partial charge in [-0.1, -0.05) is 29.8 Å². The molecular weight excluding hydrogens is 380 g/mol. The molecule has 3 rings (SSSR count). The van der Waals surface area contributed by atoms with Crippen molar-refractivity contribution in [1.82, 2.24) is 10.2 Å². The number of hydrogen-bond acceptors (Lipinski definition) is 4. The molecule has 2 aromatic rings. The van der Waals surface area contributed by atoms with E-state index in [0.717, 1.165) is 0 Å². The highest BCUT2D eigenvalue weighted by Gasteiger charge is 2.24. The van der Waals surface area contributed by atoms with Crippen molar-refractivity contribution in [3.05, 3.63) is 59.6 Å². The topological polar surface area (TPSA) is 67.9 Å². The van der Waals surface area contributed by atoms with Crippen molar-refractivity contribution in [2.75, 3.05) is 26.3 Å². The van der Waals surface area contributed by atoms with E-state index in [2.05, 4.69) is 5.32 Å². The Bertz CT molecular complexity index is 775. The monoisotopic (exact) mass is 402 g/mol. The van der Waals surface area contributed by atoms with Crippen LogP contribution >= 0.6 is 11.6 Å². The summed E-state index contributed by atoms with van der Waals surface area (Å²) in [5, 5.41) is 3.59. The Kier molecular flexibility index (Phi) is 7.14. The van der Waals surface area contributed by atoms with Crippen LogP contribution in [0, 0.1) is 0 Å². The molecule has 0 aromatic heterocycles. The van der Waals surface area contributed by atoms with Gasteiger partial charge in [-0.3, -0.25) is 9.59 Å². The quantitative estimate of drug-likeness (QED) is 0.773. The van der Waals surface area contributed by atoms with Crippen LogP contribution in [0.15, 0.2) is 54.6 Å². The van der Waals surface area contributed by atoms with Crippen molar-refractivity contribution < 1.29 is 19.1 Å². The summed E-state index contributed by atoms with van der Waals surface area (Å²) in [6, 6.07) is 16.2. The second-order valence-electron chi connectivity index (χ2n) is 6.57. The summed E-state index contributed by atoms with van der Waals surface area (Å²) in [4.78, 5) is 26.1. The van der Waals surface area contributed by atoms with Gasteiger partial charge in [-0.05, 0) is 49.2 Å². The number of nitrogens with zero attached hydrogens (tertiary/aromatic N) is 1. The molecule has 0 radical (unpaired) electrons. The lowest BCUT2D eigenvalue weighted by atomic mass is 10.1. The fourth-order valence-electron chi connectivity index (χ4n) is 2.98. The van der Waals surface area contributed by atoms with Crippen LogP contribution in [0.1, 0.15) is 12.8 Å². The number of carbonyl (C=O) groups is 2. The maximum atomic E-state index is 12.3. The summed E-state index contributed by atoms with van der Waals surface area (Å²) in [7, 11) is 0. The average Bonchev–Trinajstić information content (AvgIpc) is 2.73. The van der Waals surface area contributed by atoms with Crippen molar-refractivity contribution in [2.24, 2.45) is 0 Å². The van der Waals surface area contributed by atoms with Crippen molar-refractivity contribution in [3.63, 3.8) is 0 Å². The number of nitrogens with one attached hydrogen (secondary N) is 1. The minimum Gasteiger partial charge on any atom is -0.484 e. The third-order valence-corrected chi connectivity index (χ3v) is 4.75. The minimum absolute atomic E-state index is 0.0103. The second kappa shape index (κ2) is 9.99. The Morgan fingerprint density at radius 1 is 0.929 bits per heavy atom. The number of piperidine rings is 1. The third kappa shape index (κ3) is 6.16. The van der Waals surface area contributed by atoms with E-state index in [0.29, 0.717) is 42.5 Å². The molecule has 28 heavy (non-hydrogen) atoms. The molecule has 0 atom stereocenters. The molecule has 7 heteroatoms. The van der Waals surface area contributed by atoms with Gasteiger partial charge in [0.15, 0.2) is 13.2 Å². The first-order valence-electron chi connectivity index (χ1n) is 9.23. The van der Waals surface area contributed by atoms with Crippen LogP contribution in [-0.2, 0) is 9.59 Å². The molecule has 1 aliphatic heterocycles. The van der Waals surface area contributed by atoms with Gasteiger partial charge >= 0.3 is 0 Å². The second-order valence-corrected chi connectivity index (χ2v) is 7.00. The number of halogens is 1. The van der Waals surface area contributed by atoms with Gasteiger partial charge in [-0.25, -0.2) is 0 Å². The molecule has 1 aliphatic rings. The number of benzene rings is 2.